The standard InChI is InChI=1S/C19H25NO3S/c1-2-24-12-13-7-9-14(10-8-13)18(21)20-16-6-4-3-5-15(16)11-17(20)19(22)23/h7-10,15-17H,2-6,11-12H2,1H3,(H,22,23). The molecule has 4 nitrogen and oxygen atoms in total. The molecule has 0 bridgehead atoms. The van der Waals surface area contributed by atoms with E-state index in [1.807, 2.05) is 36.0 Å². The van der Waals surface area contributed by atoms with Crippen molar-refractivity contribution in [2.45, 2.75) is 56.9 Å². The molecule has 1 amide bonds. The molecule has 0 radical (unpaired) electrons. The van der Waals surface area contributed by atoms with E-state index in [0.717, 1.165) is 37.2 Å². The predicted molar refractivity (Wildman–Crippen MR) is 96.2 cm³/mol. The van der Waals surface area contributed by atoms with Gasteiger partial charge in [-0.25, -0.2) is 4.79 Å². The van der Waals surface area contributed by atoms with Gasteiger partial charge in [0.05, 0.1) is 0 Å². The van der Waals surface area contributed by atoms with E-state index in [-0.39, 0.29) is 11.9 Å². The van der Waals surface area contributed by atoms with Crippen LogP contribution in [0, 0.1) is 5.92 Å². The Morgan fingerprint density at radius 3 is 2.58 bits per heavy atom. The van der Waals surface area contributed by atoms with Crippen LogP contribution >= 0.6 is 11.8 Å². The average molecular weight is 347 g/mol. The van der Waals surface area contributed by atoms with E-state index < -0.39 is 12.0 Å². The fraction of sp³-hybridized carbons (Fsp3) is 0.579. The van der Waals surface area contributed by atoms with Crippen molar-refractivity contribution in [1.82, 2.24) is 4.90 Å². The van der Waals surface area contributed by atoms with Crippen LogP contribution in [0.25, 0.3) is 0 Å². The average Bonchev–Trinajstić information content (AvgIpc) is 2.99. The van der Waals surface area contributed by atoms with E-state index >= 15 is 0 Å². The highest BCUT2D eigenvalue weighted by atomic mass is 32.2. The first kappa shape index (κ1) is 17.3. The van der Waals surface area contributed by atoms with Crippen LogP contribution in [-0.2, 0) is 10.5 Å². The number of benzene rings is 1. The molecule has 1 heterocycles. The number of rotatable bonds is 5. The van der Waals surface area contributed by atoms with Crippen molar-refractivity contribution in [3.8, 4) is 0 Å². The molecular weight excluding hydrogens is 322 g/mol. The molecule has 2 aliphatic rings. The number of carboxylic acid groups (broad SMARTS) is 1. The number of hydrogen-bond donors (Lipinski definition) is 1. The Labute approximate surface area is 147 Å². The molecule has 1 saturated carbocycles. The van der Waals surface area contributed by atoms with E-state index in [1.54, 1.807) is 4.90 Å². The monoisotopic (exact) mass is 347 g/mol. The number of carbonyl (C=O) groups excluding carboxylic acids is 1. The normalized spacial score (nSPS) is 26.2. The molecule has 5 heteroatoms. The zero-order valence-corrected chi connectivity index (χ0v) is 14.9. The molecule has 3 rings (SSSR count). The van der Waals surface area contributed by atoms with Gasteiger partial charge in [0.15, 0.2) is 0 Å². The number of nitrogens with zero attached hydrogens (tertiary/aromatic N) is 1. The summed E-state index contributed by atoms with van der Waals surface area (Å²) in [5, 5.41) is 9.57. The van der Waals surface area contributed by atoms with E-state index in [1.165, 1.54) is 5.56 Å². The number of hydrogen-bond acceptors (Lipinski definition) is 3. The Morgan fingerprint density at radius 2 is 1.92 bits per heavy atom. The summed E-state index contributed by atoms with van der Waals surface area (Å²) in [6, 6.07) is 7.11. The van der Waals surface area contributed by atoms with Crippen molar-refractivity contribution >= 4 is 23.6 Å². The van der Waals surface area contributed by atoms with Crippen molar-refractivity contribution < 1.29 is 14.7 Å². The van der Waals surface area contributed by atoms with Crippen molar-refractivity contribution in [3.05, 3.63) is 35.4 Å². The zero-order valence-electron chi connectivity index (χ0n) is 14.1. The first-order chi connectivity index (χ1) is 11.6. The Kier molecular flexibility index (Phi) is 5.49. The highest BCUT2D eigenvalue weighted by molar-refractivity contribution is 7.98. The van der Waals surface area contributed by atoms with Gasteiger partial charge >= 0.3 is 5.97 Å². The molecule has 1 aliphatic heterocycles. The Bertz CT molecular complexity index is 601. The molecule has 1 aromatic rings. The number of amides is 1. The molecule has 0 spiro atoms. The molecule has 1 aliphatic carbocycles. The van der Waals surface area contributed by atoms with E-state index in [2.05, 4.69) is 6.92 Å². The molecule has 0 aromatic heterocycles. The maximum Gasteiger partial charge on any atom is 0.326 e. The second-order valence-corrected chi connectivity index (χ2v) is 8.02. The number of thioether (sulfide) groups is 1. The topological polar surface area (TPSA) is 57.6 Å². The smallest absolute Gasteiger partial charge is 0.326 e. The molecular formula is C19H25NO3S. The minimum absolute atomic E-state index is 0.0997. The molecule has 1 saturated heterocycles. The molecule has 3 unspecified atom stereocenters. The quantitative estimate of drug-likeness (QED) is 0.880. The number of carboxylic acids is 1. The Hall–Kier alpha value is -1.49. The SMILES string of the molecule is CCSCc1ccc(C(=O)N2C(C(=O)O)CC3CCCCC32)cc1. The maximum absolute atomic E-state index is 13.0. The largest absolute Gasteiger partial charge is 0.480 e. The van der Waals surface area contributed by atoms with Crippen molar-refractivity contribution in [2.75, 3.05) is 5.75 Å². The second-order valence-electron chi connectivity index (χ2n) is 6.75. The molecule has 24 heavy (non-hydrogen) atoms. The van der Waals surface area contributed by atoms with Crippen molar-refractivity contribution in [2.24, 2.45) is 5.92 Å². The lowest BCUT2D eigenvalue weighted by Crippen LogP contribution is -2.46. The van der Waals surface area contributed by atoms with Gasteiger partial charge in [-0.2, -0.15) is 11.8 Å². The maximum atomic E-state index is 13.0. The van der Waals surface area contributed by atoms with Gasteiger partial charge in [0, 0.05) is 17.4 Å². The fourth-order valence-corrected chi connectivity index (χ4v) is 4.72. The van der Waals surface area contributed by atoms with Crippen LogP contribution in [0.4, 0.5) is 0 Å². The van der Waals surface area contributed by atoms with Gasteiger partial charge in [-0.15, -0.1) is 0 Å². The van der Waals surface area contributed by atoms with E-state index in [9.17, 15) is 14.7 Å². The predicted octanol–water partition coefficient (Wildman–Crippen LogP) is 3.80. The van der Waals surface area contributed by atoms with Crippen LogP contribution in [0.5, 0.6) is 0 Å². The summed E-state index contributed by atoms with van der Waals surface area (Å²) in [5.41, 5.74) is 1.81. The summed E-state index contributed by atoms with van der Waals surface area (Å²) >= 11 is 1.85. The Balaban J connectivity index is 1.79. The molecule has 3 atom stereocenters. The van der Waals surface area contributed by atoms with Crippen LogP contribution in [-0.4, -0.2) is 39.7 Å². The van der Waals surface area contributed by atoms with Gasteiger partial charge < -0.3 is 10.0 Å². The van der Waals surface area contributed by atoms with Gasteiger partial charge in [-0.05, 0) is 48.6 Å². The van der Waals surface area contributed by atoms with Crippen molar-refractivity contribution in [1.29, 1.82) is 0 Å². The summed E-state index contributed by atoms with van der Waals surface area (Å²) in [6.45, 7) is 2.13. The minimum Gasteiger partial charge on any atom is -0.480 e. The second kappa shape index (κ2) is 7.60. The van der Waals surface area contributed by atoms with E-state index in [4.69, 9.17) is 0 Å². The molecule has 130 valence electrons. The third-order valence-electron chi connectivity index (χ3n) is 5.28. The van der Waals surface area contributed by atoms with Gasteiger partial charge in [0.25, 0.3) is 5.91 Å². The van der Waals surface area contributed by atoms with Gasteiger partial charge in [-0.3, -0.25) is 4.79 Å². The fourth-order valence-electron chi connectivity index (χ4n) is 4.09. The summed E-state index contributed by atoms with van der Waals surface area (Å²) in [5.74, 6) is 1.37. The van der Waals surface area contributed by atoms with E-state index in [0.29, 0.717) is 17.9 Å². The van der Waals surface area contributed by atoms with Crippen LogP contribution < -0.4 is 0 Å². The number of likely N-dealkylation sites (tertiary alicyclic amines) is 1. The third kappa shape index (κ3) is 3.46. The minimum atomic E-state index is -0.867. The summed E-state index contributed by atoms with van der Waals surface area (Å²) in [4.78, 5) is 26.3. The Morgan fingerprint density at radius 1 is 1.21 bits per heavy atom. The summed E-state index contributed by atoms with van der Waals surface area (Å²) in [7, 11) is 0. The highest BCUT2D eigenvalue weighted by Crippen LogP contribution is 2.40. The van der Waals surface area contributed by atoms with Crippen LogP contribution in [0.15, 0.2) is 24.3 Å². The number of carbonyl (C=O) groups is 2. The highest BCUT2D eigenvalue weighted by Gasteiger charge is 2.47. The van der Waals surface area contributed by atoms with Gasteiger partial charge in [-0.1, -0.05) is 31.9 Å². The molecule has 1 N–H and O–H groups in total. The molecule has 1 aromatic carbocycles. The number of aliphatic carboxylic acids is 1. The van der Waals surface area contributed by atoms with Crippen LogP contribution in [0.3, 0.4) is 0 Å². The summed E-state index contributed by atoms with van der Waals surface area (Å²) < 4.78 is 0. The molecule has 2 fully saturated rings. The lowest BCUT2D eigenvalue weighted by atomic mass is 9.84. The van der Waals surface area contributed by atoms with Crippen LogP contribution in [0.2, 0.25) is 0 Å². The number of fused-ring (bicyclic) bond motifs is 1. The lowest BCUT2D eigenvalue weighted by molar-refractivity contribution is -0.141. The zero-order chi connectivity index (χ0) is 17.1. The first-order valence-corrected chi connectivity index (χ1v) is 9.99. The van der Waals surface area contributed by atoms with Gasteiger partial charge in [0.2, 0.25) is 0 Å². The van der Waals surface area contributed by atoms with Crippen LogP contribution in [0.1, 0.15) is 54.9 Å². The summed E-state index contributed by atoms with van der Waals surface area (Å²) in [6.07, 6.45) is 4.83. The lowest BCUT2D eigenvalue weighted by Gasteiger charge is -2.33. The van der Waals surface area contributed by atoms with Gasteiger partial charge in [0.1, 0.15) is 6.04 Å². The first-order valence-electron chi connectivity index (χ1n) is 8.84. The third-order valence-corrected chi connectivity index (χ3v) is 6.23. The van der Waals surface area contributed by atoms with Crippen molar-refractivity contribution in [3.63, 3.8) is 0 Å².